The highest BCUT2D eigenvalue weighted by Crippen LogP contribution is 2.57. The summed E-state index contributed by atoms with van der Waals surface area (Å²) >= 11 is 0. The molecule has 3 amide bonds. The van der Waals surface area contributed by atoms with E-state index in [9.17, 15) is 36.8 Å². The van der Waals surface area contributed by atoms with Gasteiger partial charge in [-0.15, -0.1) is 0 Å². The van der Waals surface area contributed by atoms with Crippen LogP contribution in [-0.2, 0) is 56.2 Å². The molecule has 1 N–H and O–H groups in total. The molecule has 0 bridgehead atoms. The smallest absolute Gasteiger partial charge is 0.410 e. The number of esters is 1. The highest BCUT2D eigenvalue weighted by molar-refractivity contribution is 7.85. The minimum atomic E-state index is -4.48. The molecule has 0 spiro atoms. The lowest BCUT2D eigenvalue weighted by molar-refractivity contribution is -0.159. The summed E-state index contributed by atoms with van der Waals surface area (Å²) in [5, 5.41) is 0. The Labute approximate surface area is 322 Å². The molecule has 3 heterocycles. The number of ether oxygens (including phenoxy) is 2. The van der Waals surface area contributed by atoms with Crippen molar-refractivity contribution in [3.63, 3.8) is 0 Å². The second kappa shape index (κ2) is 16.0. The van der Waals surface area contributed by atoms with Crippen molar-refractivity contribution in [1.29, 1.82) is 0 Å². The van der Waals surface area contributed by atoms with E-state index in [1.807, 2.05) is 19.1 Å². The van der Waals surface area contributed by atoms with Crippen molar-refractivity contribution in [3.8, 4) is 0 Å². The van der Waals surface area contributed by atoms with Gasteiger partial charge in [0, 0.05) is 30.9 Å². The quantitative estimate of drug-likeness (QED) is 0.239. The molecule has 5 atom stereocenters. The molecule has 302 valence electrons. The minimum Gasteiger partial charge on any atom is -0.460 e. The van der Waals surface area contributed by atoms with Crippen molar-refractivity contribution in [2.24, 2.45) is 17.3 Å². The molecule has 0 radical (unpaired) electrons. The maximum atomic E-state index is 14.5. The number of hydrogen-bond acceptors (Lipinski definition) is 10. The van der Waals surface area contributed by atoms with Gasteiger partial charge < -0.3 is 14.4 Å². The summed E-state index contributed by atoms with van der Waals surface area (Å²) in [4.78, 5) is 72.0. The number of halogens is 1. The number of amides is 3. The van der Waals surface area contributed by atoms with Gasteiger partial charge in [0.15, 0.2) is 5.78 Å². The number of carbonyl (C=O) groups is 5. The molecular weight excluding hydrogens is 734 g/mol. The molecule has 1 aromatic carbocycles. The summed E-state index contributed by atoms with van der Waals surface area (Å²) in [6, 6.07) is 3.51. The van der Waals surface area contributed by atoms with Crippen LogP contribution in [0, 0.1) is 23.1 Å². The van der Waals surface area contributed by atoms with Crippen LogP contribution in [0.5, 0.6) is 0 Å². The number of fused-ring (bicyclic) bond motifs is 3. The Hall–Kier alpha value is -3.85. The molecule has 1 aromatic rings. The van der Waals surface area contributed by atoms with Gasteiger partial charge >= 0.3 is 22.4 Å². The molecular formula is C40H54FN3O10S. The van der Waals surface area contributed by atoms with E-state index >= 15 is 0 Å². The van der Waals surface area contributed by atoms with E-state index in [1.165, 1.54) is 15.9 Å². The minimum absolute atomic E-state index is 0.00918. The average molecular weight is 788 g/mol. The number of hydrogen-bond donors (Lipinski definition) is 1. The number of carbonyl (C=O) groups excluding carboxylic acids is 5. The van der Waals surface area contributed by atoms with Gasteiger partial charge in [-0.2, -0.15) is 8.42 Å². The zero-order valence-electron chi connectivity index (χ0n) is 32.3. The number of allylic oxidation sites excluding steroid dienone is 2. The Bertz CT molecular complexity index is 1820. The molecule has 2 saturated carbocycles. The first-order valence-electron chi connectivity index (χ1n) is 19.6. The van der Waals surface area contributed by atoms with Gasteiger partial charge in [0.1, 0.15) is 17.5 Å². The molecule has 6 rings (SSSR count). The fourth-order valence-corrected chi connectivity index (χ4v) is 9.57. The molecule has 1 saturated heterocycles. The molecule has 55 heavy (non-hydrogen) atoms. The lowest BCUT2D eigenvalue weighted by Gasteiger charge is -2.29. The first-order chi connectivity index (χ1) is 25.9. The summed E-state index contributed by atoms with van der Waals surface area (Å²) < 4.78 is 59.7. The Morgan fingerprint density at radius 1 is 1.07 bits per heavy atom. The lowest BCUT2D eigenvalue weighted by atomic mass is 9.90. The van der Waals surface area contributed by atoms with Crippen molar-refractivity contribution >= 4 is 40.0 Å². The van der Waals surface area contributed by atoms with Crippen LogP contribution in [0.3, 0.4) is 0 Å². The molecule has 5 aliphatic rings. The molecule has 13 nitrogen and oxygen atoms in total. The SMILES string of the molecule is CCCC1(OS(=O)(=O)NC(=O)[C@]23CC(=O)[C@@H]4C[C@@H](OC(=O)N5Cc6cccc(F)c6C5)CN4C(=O)[C@@H](CC(=O)OC(C)(C)C)CCCCC/C=C\[C@@H]2C3)CC1. The van der Waals surface area contributed by atoms with Gasteiger partial charge in [0.2, 0.25) is 11.8 Å². The highest BCUT2D eigenvalue weighted by Gasteiger charge is 2.62. The van der Waals surface area contributed by atoms with E-state index in [-0.39, 0.29) is 45.3 Å². The van der Waals surface area contributed by atoms with Crippen LogP contribution >= 0.6 is 0 Å². The third-order valence-electron chi connectivity index (χ3n) is 11.4. The van der Waals surface area contributed by atoms with E-state index < -0.39 is 86.4 Å². The monoisotopic (exact) mass is 787 g/mol. The third kappa shape index (κ3) is 9.76. The molecule has 2 aliphatic carbocycles. The molecule has 0 aromatic heterocycles. The Morgan fingerprint density at radius 2 is 1.84 bits per heavy atom. The summed E-state index contributed by atoms with van der Waals surface area (Å²) in [6.45, 7) is 7.15. The van der Waals surface area contributed by atoms with Crippen molar-refractivity contribution < 1.29 is 50.4 Å². The standard InChI is InChI=1S/C40H54FN3O10S/c1-5-16-39(17-18-39)54-55(50,51)42-36(48)40-21-28(40)14-10-8-6-7-9-12-26(19-34(46)53-38(2,3)4)35(47)44-24-29(20-32(44)33(45)22-40)52-37(49)43-23-27-13-11-15-31(41)30(27)25-43/h10-11,13-15,26,28-29,32H,5-9,12,16-25H2,1-4H3,(H,42,48)/b14-10-/t26-,28-,29-,32+,40-/m1/s1. The number of Topliss-reactive ketones (excluding diaryl/α,β-unsaturated/α-hetero) is 1. The van der Waals surface area contributed by atoms with E-state index in [2.05, 4.69) is 4.72 Å². The number of ketones is 1. The first-order valence-corrected chi connectivity index (χ1v) is 21.1. The second-order valence-electron chi connectivity index (χ2n) is 17.0. The number of nitrogens with one attached hydrogen (secondary N) is 1. The maximum absolute atomic E-state index is 14.5. The molecule has 15 heteroatoms. The lowest BCUT2D eigenvalue weighted by Crippen LogP contribution is -2.46. The summed E-state index contributed by atoms with van der Waals surface area (Å²) in [5.41, 5.74) is -1.93. The van der Waals surface area contributed by atoms with Crippen LogP contribution < -0.4 is 4.72 Å². The molecule has 3 aliphatic heterocycles. The fourth-order valence-electron chi connectivity index (χ4n) is 8.38. The molecule has 3 fully saturated rings. The van der Waals surface area contributed by atoms with Crippen LogP contribution in [-0.4, -0.2) is 77.8 Å². The predicted molar refractivity (Wildman–Crippen MR) is 197 cm³/mol. The summed E-state index contributed by atoms with van der Waals surface area (Å²) in [5.74, 6) is -3.99. The van der Waals surface area contributed by atoms with Crippen LogP contribution in [0.1, 0.15) is 122 Å². The van der Waals surface area contributed by atoms with Gasteiger partial charge in [0.05, 0.1) is 36.6 Å². The van der Waals surface area contributed by atoms with Gasteiger partial charge in [-0.25, -0.2) is 18.1 Å². The van der Waals surface area contributed by atoms with Gasteiger partial charge in [-0.3, -0.25) is 24.1 Å². The first kappa shape index (κ1) is 40.8. The number of rotatable bonds is 9. The summed E-state index contributed by atoms with van der Waals surface area (Å²) in [6.07, 6.45) is 7.37. The van der Waals surface area contributed by atoms with Crippen LogP contribution in [0.4, 0.5) is 9.18 Å². The maximum Gasteiger partial charge on any atom is 0.410 e. The van der Waals surface area contributed by atoms with Crippen molar-refractivity contribution in [3.05, 3.63) is 47.3 Å². The zero-order chi connectivity index (χ0) is 39.8. The highest BCUT2D eigenvalue weighted by atomic mass is 32.2. The van der Waals surface area contributed by atoms with Gasteiger partial charge in [-0.1, -0.05) is 50.5 Å². The van der Waals surface area contributed by atoms with E-state index in [4.69, 9.17) is 13.7 Å². The summed E-state index contributed by atoms with van der Waals surface area (Å²) in [7, 11) is -4.48. The fraction of sp³-hybridized carbons (Fsp3) is 0.675. The van der Waals surface area contributed by atoms with Crippen molar-refractivity contribution in [2.75, 3.05) is 6.54 Å². The average Bonchev–Trinajstić information content (AvgIpc) is 3.87. The van der Waals surface area contributed by atoms with E-state index in [0.717, 1.165) is 12.8 Å². The van der Waals surface area contributed by atoms with Gasteiger partial charge in [0.25, 0.3) is 0 Å². The van der Waals surface area contributed by atoms with Crippen molar-refractivity contribution in [2.45, 2.75) is 148 Å². The van der Waals surface area contributed by atoms with E-state index in [0.29, 0.717) is 56.1 Å². The zero-order valence-corrected chi connectivity index (χ0v) is 33.1. The Kier molecular flexibility index (Phi) is 11.8. The Balaban J connectivity index is 1.24. The third-order valence-corrected chi connectivity index (χ3v) is 12.4. The normalized spacial score (nSPS) is 28.5. The number of benzene rings is 1. The predicted octanol–water partition coefficient (Wildman–Crippen LogP) is 5.79. The molecule has 0 unspecified atom stereocenters. The Morgan fingerprint density at radius 3 is 2.53 bits per heavy atom. The topological polar surface area (TPSA) is 166 Å². The van der Waals surface area contributed by atoms with Gasteiger partial charge in [-0.05, 0) is 83.3 Å². The van der Waals surface area contributed by atoms with E-state index in [1.54, 1.807) is 32.9 Å². The van der Waals surface area contributed by atoms with Crippen LogP contribution in [0.2, 0.25) is 0 Å². The second-order valence-corrected chi connectivity index (χ2v) is 18.3. The van der Waals surface area contributed by atoms with Crippen LogP contribution in [0.25, 0.3) is 0 Å². The van der Waals surface area contributed by atoms with Crippen molar-refractivity contribution in [1.82, 2.24) is 14.5 Å². The van der Waals surface area contributed by atoms with Crippen LogP contribution in [0.15, 0.2) is 30.4 Å². The largest absolute Gasteiger partial charge is 0.460 e. The number of nitrogens with zero attached hydrogens (tertiary/aromatic N) is 2.